The molecule has 6 heteroatoms. The highest BCUT2D eigenvalue weighted by Gasteiger charge is 2.15. The SMILES string of the molecule is COc1ncccc1NC(C)c1ccc(Cl)c(Cl)c1Cl. The average molecular weight is 332 g/mol. The summed E-state index contributed by atoms with van der Waals surface area (Å²) in [5, 5.41) is 4.53. The fourth-order valence-electron chi connectivity index (χ4n) is 1.85. The Morgan fingerprint density at radius 1 is 1.15 bits per heavy atom. The number of aromatic nitrogens is 1. The van der Waals surface area contributed by atoms with Gasteiger partial charge in [-0.05, 0) is 30.7 Å². The van der Waals surface area contributed by atoms with Gasteiger partial charge in [0, 0.05) is 6.20 Å². The number of nitrogens with one attached hydrogen (secondary N) is 1. The molecule has 1 unspecified atom stereocenters. The van der Waals surface area contributed by atoms with E-state index in [0.717, 1.165) is 11.3 Å². The molecule has 0 aliphatic rings. The highest BCUT2D eigenvalue weighted by atomic mass is 35.5. The second-order valence-electron chi connectivity index (χ2n) is 4.19. The van der Waals surface area contributed by atoms with E-state index >= 15 is 0 Å². The number of ether oxygens (including phenoxy) is 1. The third-order valence-corrected chi connectivity index (χ3v) is 4.18. The highest BCUT2D eigenvalue weighted by molar-refractivity contribution is 6.48. The van der Waals surface area contributed by atoms with Crippen LogP contribution >= 0.6 is 34.8 Å². The third-order valence-electron chi connectivity index (χ3n) is 2.87. The van der Waals surface area contributed by atoms with E-state index in [2.05, 4.69) is 10.3 Å². The van der Waals surface area contributed by atoms with Crippen molar-refractivity contribution in [3.8, 4) is 5.88 Å². The lowest BCUT2D eigenvalue weighted by Crippen LogP contribution is -2.09. The van der Waals surface area contributed by atoms with Crippen LogP contribution in [-0.4, -0.2) is 12.1 Å². The Labute approximate surface area is 132 Å². The summed E-state index contributed by atoms with van der Waals surface area (Å²) in [5.41, 5.74) is 1.64. The molecule has 0 aliphatic heterocycles. The molecule has 1 N–H and O–H groups in total. The van der Waals surface area contributed by atoms with Crippen molar-refractivity contribution in [2.24, 2.45) is 0 Å². The number of rotatable bonds is 4. The zero-order chi connectivity index (χ0) is 14.7. The lowest BCUT2D eigenvalue weighted by Gasteiger charge is -2.19. The second-order valence-corrected chi connectivity index (χ2v) is 5.35. The van der Waals surface area contributed by atoms with E-state index in [0.29, 0.717) is 20.9 Å². The molecule has 0 spiro atoms. The monoisotopic (exact) mass is 330 g/mol. The number of hydrogen-bond donors (Lipinski definition) is 1. The molecule has 2 aromatic rings. The van der Waals surface area contributed by atoms with E-state index in [-0.39, 0.29) is 6.04 Å². The molecule has 20 heavy (non-hydrogen) atoms. The Morgan fingerprint density at radius 3 is 2.60 bits per heavy atom. The summed E-state index contributed by atoms with van der Waals surface area (Å²) >= 11 is 18.2. The summed E-state index contributed by atoms with van der Waals surface area (Å²) in [7, 11) is 1.57. The summed E-state index contributed by atoms with van der Waals surface area (Å²) in [6.45, 7) is 1.97. The predicted molar refractivity (Wildman–Crippen MR) is 84.3 cm³/mol. The van der Waals surface area contributed by atoms with Crippen molar-refractivity contribution >= 4 is 40.5 Å². The van der Waals surface area contributed by atoms with E-state index in [9.17, 15) is 0 Å². The van der Waals surface area contributed by atoms with E-state index in [1.54, 1.807) is 19.4 Å². The summed E-state index contributed by atoms with van der Waals surface area (Å²) in [6.07, 6.45) is 1.67. The van der Waals surface area contributed by atoms with Crippen LogP contribution in [0.5, 0.6) is 5.88 Å². The number of nitrogens with zero attached hydrogens (tertiary/aromatic N) is 1. The predicted octanol–water partition coefficient (Wildman–Crippen LogP) is 5.22. The lowest BCUT2D eigenvalue weighted by atomic mass is 10.1. The van der Waals surface area contributed by atoms with Crippen LogP contribution in [0.4, 0.5) is 5.69 Å². The van der Waals surface area contributed by atoms with Gasteiger partial charge in [0.1, 0.15) is 0 Å². The fraction of sp³-hybridized carbons (Fsp3) is 0.214. The molecule has 1 heterocycles. The molecule has 0 amide bonds. The molecule has 0 radical (unpaired) electrons. The van der Waals surface area contributed by atoms with Gasteiger partial charge in [-0.15, -0.1) is 0 Å². The van der Waals surface area contributed by atoms with Gasteiger partial charge in [0.25, 0.3) is 0 Å². The topological polar surface area (TPSA) is 34.1 Å². The summed E-state index contributed by atoms with van der Waals surface area (Å²) in [6, 6.07) is 7.21. The second kappa shape index (κ2) is 6.53. The van der Waals surface area contributed by atoms with E-state index in [1.807, 2.05) is 25.1 Å². The smallest absolute Gasteiger partial charge is 0.237 e. The quantitative estimate of drug-likeness (QED) is 0.780. The minimum atomic E-state index is -0.0737. The summed E-state index contributed by atoms with van der Waals surface area (Å²) in [4.78, 5) is 4.13. The highest BCUT2D eigenvalue weighted by Crippen LogP contribution is 2.37. The number of anilines is 1. The van der Waals surface area contributed by atoms with Crippen LogP contribution in [0, 0.1) is 0 Å². The van der Waals surface area contributed by atoms with Crippen LogP contribution in [0.15, 0.2) is 30.5 Å². The number of methoxy groups -OCH3 is 1. The van der Waals surface area contributed by atoms with Gasteiger partial charge in [0.2, 0.25) is 5.88 Å². The van der Waals surface area contributed by atoms with E-state index < -0.39 is 0 Å². The van der Waals surface area contributed by atoms with Crippen LogP contribution in [0.3, 0.4) is 0 Å². The molecule has 0 saturated carbocycles. The van der Waals surface area contributed by atoms with Crippen molar-refractivity contribution in [3.05, 3.63) is 51.1 Å². The van der Waals surface area contributed by atoms with Gasteiger partial charge >= 0.3 is 0 Å². The normalized spacial score (nSPS) is 12.1. The molecule has 3 nitrogen and oxygen atoms in total. The number of halogens is 3. The molecule has 0 fully saturated rings. The maximum Gasteiger partial charge on any atom is 0.237 e. The van der Waals surface area contributed by atoms with Gasteiger partial charge in [0.15, 0.2) is 0 Å². The summed E-state index contributed by atoms with van der Waals surface area (Å²) < 4.78 is 5.20. The Bertz CT molecular complexity index is 619. The maximum atomic E-state index is 6.23. The van der Waals surface area contributed by atoms with Gasteiger partial charge < -0.3 is 10.1 Å². The molecule has 2 rings (SSSR count). The third kappa shape index (κ3) is 3.11. The van der Waals surface area contributed by atoms with Crippen LogP contribution in [-0.2, 0) is 0 Å². The molecule has 1 atom stereocenters. The number of pyridine rings is 1. The Hall–Kier alpha value is -1.16. The first-order valence-corrected chi connectivity index (χ1v) is 7.07. The van der Waals surface area contributed by atoms with Crippen molar-refractivity contribution in [2.45, 2.75) is 13.0 Å². The first-order chi connectivity index (χ1) is 9.54. The molecular formula is C14H13Cl3N2O. The van der Waals surface area contributed by atoms with Crippen LogP contribution in [0.1, 0.15) is 18.5 Å². The Morgan fingerprint density at radius 2 is 1.90 bits per heavy atom. The Balaban J connectivity index is 2.29. The molecular weight excluding hydrogens is 319 g/mol. The fourth-order valence-corrected chi connectivity index (χ4v) is 2.56. The number of benzene rings is 1. The van der Waals surface area contributed by atoms with Gasteiger partial charge in [-0.3, -0.25) is 0 Å². The minimum Gasteiger partial charge on any atom is -0.480 e. The minimum absolute atomic E-state index is 0.0737. The van der Waals surface area contributed by atoms with Crippen LogP contribution in [0.2, 0.25) is 15.1 Å². The Kier molecular flexibility index (Phi) is 4.97. The van der Waals surface area contributed by atoms with Gasteiger partial charge in [-0.2, -0.15) is 0 Å². The van der Waals surface area contributed by atoms with Crippen molar-refractivity contribution in [3.63, 3.8) is 0 Å². The van der Waals surface area contributed by atoms with Gasteiger partial charge in [0.05, 0.1) is 33.9 Å². The molecule has 0 bridgehead atoms. The molecule has 0 aliphatic carbocycles. The van der Waals surface area contributed by atoms with Gasteiger partial charge in [-0.25, -0.2) is 4.98 Å². The van der Waals surface area contributed by atoms with Gasteiger partial charge in [-0.1, -0.05) is 40.9 Å². The first-order valence-electron chi connectivity index (χ1n) is 5.93. The van der Waals surface area contributed by atoms with Crippen molar-refractivity contribution in [1.82, 2.24) is 4.98 Å². The van der Waals surface area contributed by atoms with Crippen molar-refractivity contribution in [1.29, 1.82) is 0 Å². The number of hydrogen-bond acceptors (Lipinski definition) is 3. The van der Waals surface area contributed by atoms with Crippen LogP contribution < -0.4 is 10.1 Å². The van der Waals surface area contributed by atoms with Crippen molar-refractivity contribution in [2.75, 3.05) is 12.4 Å². The van der Waals surface area contributed by atoms with E-state index in [4.69, 9.17) is 39.5 Å². The zero-order valence-electron chi connectivity index (χ0n) is 11.0. The van der Waals surface area contributed by atoms with E-state index in [1.165, 1.54) is 0 Å². The molecule has 106 valence electrons. The molecule has 0 saturated heterocycles. The van der Waals surface area contributed by atoms with Crippen molar-refractivity contribution < 1.29 is 4.74 Å². The standard InChI is InChI=1S/C14H13Cl3N2O/c1-8(9-5-6-10(15)13(17)12(9)16)19-11-4-3-7-18-14(11)20-2/h3-8,19H,1-2H3. The molecule has 1 aromatic carbocycles. The average Bonchev–Trinajstić information content (AvgIpc) is 2.45. The molecule has 1 aromatic heterocycles. The first kappa shape index (κ1) is 15.2. The summed E-state index contributed by atoms with van der Waals surface area (Å²) in [5.74, 6) is 0.524. The van der Waals surface area contributed by atoms with Crippen LogP contribution in [0.25, 0.3) is 0 Å². The lowest BCUT2D eigenvalue weighted by molar-refractivity contribution is 0.399. The maximum absolute atomic E-state index is 6.23. The zero-order valence-corrected chi connectivity index (χ0v) is 13.2. The largest absolute Gasteiger partial charge is 0.480 e.